The standard InChI is InChI=1S/2C12H12N2O3S.C9H8N2O3S.C3H5Br.CH4/c2*1-3-5-18-12-13-10(16)9-7(4-2)6-8(15)17-11(9)14-12;1-2-4-3-5(12)14-8-6(4)7(13)10-9(15)11-8;1-2-3-4;/h2*3,6H,1,4-5H2,2H3,(H,13,14,16);3H,2H2,1H3,(H2,10,11,13,15);2H,1,3H2;1H4. The van der Waals surface area contributed by atoms with Crippen LogP contribution in [0.15, 0.2) is 108 Å². The molecule has 0 bridgehead atoms. The Morgan fingerprint density at radius 3 is 1.39 bits per heavy atom. The van der Waals surface area contributed by atoms with E-state index in [1.165, 1.54) is 41.7 Å². The van der Waals surface area contributed by atoms with Gasteiger partial charge in [0.1, 0.15) is 16.2 Å². The minimum absolute atomic E-state index is 0. The summed E-state index contributed by atoms with van der Waals surface area (Å²) in [7, 11) is 0. The number of aromatic amines is 4. The Bertz CT molecular complexity index is 2620. The normalized spacial score (nSPS) is 10.2. The van der Waals surface area contributed by atoms with Crippen molar-refractivity contribution in [2.45, 2.75) is 57.8 Å². The molecule has 6 aromatic rings. The molecular formula is C37H41BrN6O9S3. The lowest BCUT2D eigenvalue weighted by atomic mass is 10.1. The zero-order valence-corrected chi connectivity index (χ0v) is 34.0. The van der Waals surface area contributed by atoms with Crippen molar-refractivity contribution < 1.29 is 13.3 Å². The molecule has 0 aliphatic heterocycles. The van der Waals surface area contributed by atoms with E-state index < -0.39 is 16.9 Å². The number of alkyl halides is 1. The number of halogens is 1. The molecule has 0 unspecified atom stereocenters. The van der Waals surface area contributed by atoms with E-state index in [0.717, 1.165) is 5.33 Å². The van der Waals surface area contributed by atoms with Crippen LogP contribution in [-0.2, 0) is 19.3 Å². The van der Waals surface area contributed by atoms with Gasteiger partial charge in [0.05, 0.1) is 0 Å². The van der Waals surface area contributed by atoms with Crippen molar-refractivity contribution in [3.05, 3.63) is 140 Å². The number of aromatic nitrogens is 6. The van der Waals surface area contributed by atoms with E-state index >= 15 is 0 Å². The minimum atomic E-state index is -0.490. The Labute approximate surface area is 341 Å². The average Bonchev–Trinajstić information content (AvgIpc) is 3.15. The van der Waals surface area contributed by atoms with E-state index in [0.29, 0.717) is 73.9 Å². The molecule has 0 spiro atoms. The highest BCUT2D eigenvalue weighted by molar-refractivity contribution is 9.09. The molecule has 0 saturated carbocycles. The largest absolute Gasteiger partial charge is 0.405 e. The second kappa shape index (κ2) is 23.1. The lowest BCUT2D eigenvalue weighted by Crippen LogP contribution is -2.14. The lowest BCUT2D eigenvalue weighted by molar-refractivity contribution is 0.541. The zero-order chi connectivity index (χ0) is 40.7. The van der Waals surface area contributed by atoms with Gasteiger partial charge >= 0.3 is 16.9 Å². The van der Waals surface area contributed by atoms with Gasteiger partial charge in [0.25, 0.3) is 16.7 Å². The molecule has 0 aliphatic rings. The number of thioether (sulfide) groups is 2. The molecule has 0 aromatic carbocycles. The minimum Gasteiger partial charge on any atom is -0.405 e. The number of nitrogens with one attached hydrogen (secondary N) is 4. The van der Waals surface area contributed by atoms with Crippen LogP contribution in [0.2, 0.25) is 0 Å². The monoisotopic (exact) mass is 888 g/mol. The van der Waals surface area contributed by atoms with Crippen molar-refractivity contribution in [3.63, 3.8) is 0 Å². The number of aryl methyl sites for hydroxylation is 3. The molecule has 6 rings (SSSR count). The number of allylic oxidation sites excluding steroid dienone is 1. The fourth-order valence-corrected chi connectivity index (χ4v) is 6.05. The number of nitrogens with zero attached hydrogens (tertiary/aromatic N) is 2. The van der Waals surface area contributed by atoms with Gasteiger partial charge in [-0.3, -0.25) is 19.4 Å². The Morgan fingerprint density at radius 1 is 0.643 bits per heavy atom. The summed E-state index contributed by atoms with van der Waals surface area (Å²) in [4.78, 5) is 88.1. The third-order valence-corrected chi connectivity index (χ3v) is 9.40. The first-order valence-corrected chi connectivity index (χ1v) is 19.9. The first-order valence-electron chi connectivity index (χ1n) is 16.4. The molecule has 0 aliphatic carbocycles. The third kappa shape index (κ3) is 12.7. The van der Waals surface area contributed by atoms with E-state index in [4.69, 9.17) is 25.5 Å². The first-order chi connectivity index (χ1) is 26.3. The lowest BCUT2D eigenvalue weighted by Gasteiger charge is -2.03. The maximum absolute atomic E-state index is 12.0. The van der Waals surface area contributed by atoms with Gasteiger partial charge in [-0.15, -0.1) is 19.7 Å². The van der Waals surface area contributed by atoms with Crippen molar-refractivity contribution in [2.75, 3.05) is 16.8 Å². The van der Waals surface area contributed by atoms with Gasteiger partial charge in [-0.1, -0.05) is 85.9 Å². The smallest absolute Gasteiger partial charge is 0.337 e. The Balaban J connectivity index is 0.000000275. The predicted molar refractivity (Wildman–Crippen MR) is 231 cm³/mol. The highest BCUT2D eigenvalue weighted by Crippen LogP contribution is 2.18. The maximum atomic E-state index is 12.0. The summed E-state index contributed by atoms with van der Waals surface area (Å²) in [5, 5.41) is 2.78. The molecule has 0 fully saturated rings. The van der Waals surface area contributed by atoms with E-state index in [9.17, 15) is 28.8 Å². The molecule has 56 heavy (non-hydrogen) atoms. The van der Waals surface area contributed by atoms with Crippen LogP contribution in [0.3, 0.4) is 0 Å². The molecule has 298 valence electrons. The van der Waals surface area contributed by atoms with Gasteiger partial charge in [-0.25, -0.2) is 14.4 Å². The van der Waals surface area contributed by atoms with Gasteiger partial charge in [0.2, 0.25) is 17.1 Å². The summed E-state index contributed by atoms with van der Waals surface area (Å²) in [6, 6.07) is 3.97. The third-order valence-electron chi connectivity index (χ3n) is 7.00. The number of rotatable bonds is 10. The summed E-state index contributed by atoms with van der Waals surface area (Å²) >= 11 is 10.6. The van der Waals surface area contributed by atoms with E-state index in [2.05, 4.69) is 65.6 Å². The SMILES string of the molecule is C.C=CCBr.C=CCSc1nc2oc(=O)cc(CC)c2c(=O)[nH]1.C=CCSc1nc2oc(=O)cc(CC)c2c(=O)[nH]1.CCc1cc(=O)oc2[nH]c(=S)[nH]c(=O)c12. The van der Waals surface area contributed by atoms with Crippen LogP contribution >= 0.6 is 51.7 Å². The molecule has 0 saturated heterocycles. The molecule has 0 amide bonds. The molecule has 19 heteroatoms. The van der Waals surface area contributed by atoms with Gasteiger partial charge in [0.15, 0.2) is 15.1 Å². The highest BCUT2D eigenvalue weighted by atomic mass is 79.9. The number of hydrogen-bond acceptors (Lipinski definition) is 14. The Morgan fingerprint density at radius 2 is 1.02 bits per heavy atom. The van der Waals surface area contributed by atoms with E-state index in [1.54, 1.807) is 18.2 Å². The van der Waals surface area contributed by atoms with Crippen LogP contribution in [0.1, 0.15) is 44.9 Å². The number of fused-ring (bicyclic) bond motifs is 3. The van der Waals surface area contributed by atoms with Gasteiger partial charge in [0, 0.05) is 35.0 Å². The van der Waals surface area contributed by atoms with E-state index in [1.807, 2.05) is 20.8 Å². The second-order valence-electron chi connectivity index (χ2n) is 10.7. The van der Waals surface area contributed by atoms with Crippen LogP contribution in [0.4, 0.5) is 0 Å². The van der Waals surface area contributed by atoms with Crippen LogP contribution in [0.25, 0.3) is 33.3 Å². The van der Waals surface area contributed by atoms with Crippen LogP contribution in [0, 0.1) is 4.77 Å². The van der Waals surface area contributed by atoms with Gasteiger partial charge < -0.3 is 28.2 Å². The summed E-state index contributed by atoms with van der Waals surface area (Å²) in [5.74, 6) is 1.23. The predicted octanol–water partition coefficient (Wildman–Crippen LogP) is 6.74. The van der Waals surface area contributed by atoms with E-state index in [-0.39, 0.29) is 46.0 Å². The summed E-state index contributed by atoms with van der Waals surface area (Å²) < 4.78 is 15.0. The second-order valence-corrected chi connectivity index (χ2v) is 13.8. The summed E-state index contributed by atoms with van der Waals surface area (Å²) in [5.41, 5.74) is -0.116. The van der Waals surface area contributed by atoms with Crippen LogP contribution in [0.5, 0.6) is 0 Å². The fraction of sp³-hybridized carbons (Fsp3) is 0.270. The Hall–Kier alpha value is -5.11. The van der Waals surface area contributed by atoms with Gasteiger partial charge in [-0.2, -0.15) is 9.97 Å². The topological polar surface area (TPSA) is 231 Å². The first kappa shape index (κ1) is 47.0. The summed E-state index contributed by atoms with van der Waals surface area (Å²) in [6.45, 7) is 16.2. The van der Waals surface area contributed by atoms with Crippen molar-refractivity contribution in [1.29, 1.82) is 0 Å². The van der Waals surface area contributed by atoms with Crippen molar-refractivity contribution in [2.24, 2.45) is 0 Å². The number of H-pyrrole nitrogens is 4. The van der Waals surface area contributed by atoms with Crippen molar-refractivity contribution in [3.8, 4) is 0 Å². The average molecular weight is 890 g/mol. The Kier molecular flexibility index (Phi) is 19.4. The maximum Gasteiger partial charge on any atom is 0.337 e. The molecule has 0 radical (unpaired) electrons. The molecule has 0 atom stereocenters. The van der Waals surface area contributed by atoms with Crippen LogP contribution in [-0.4, -0.2) is 46.7 Å². The fourth-order valence-electron chi connectivity index (χ4n) is 4.69. The molecule has 6 heterocycles. The highest BCUT2D eigenvalue weighted by Gasteiger charge is 2.13. The number of hydrogen-bond donors (Lipinski definition) is 4. The van der Waals surface area contributed by atoms with Crippen LogP contribution < -0.4 is 33.6 Å². The molecular weight excluding hydrogens is 849 g/mol. The molecule has 6 aromatic heterocycles. The van der Waals surface area contributed by atoms with Crippen molar-refractivity contribution >= 4 is 85.0 Å². The zero-order valence-electron chi connectivity index (χ0n) is 30.0. The quantitative estimate of drug-likeness (QED) is 0.0367. The summed E-state index contributed by atoms with van der Waals surface area (Å²) in [6.07, 6.45) is 6.93. The van der Waals surface area contributed by atoms with Gasteiger partial charge in [-0.05, 0) is 48.2 Å². The molecule has 15 nitrogen and oxygen atoms in total. The molecule has 4 N–H and O–H groups in total. The van der Waals surface area contributed by atoms with Crippen molar-refractivity contribution in [1.82, 2.24) is 29.9 Å².